The predicted molar refractivity (Wildman–Crippen MR) is 52.8 cm³/mol. The van der Waals surface area contributed by atoms with Crippen LogP contribution < -0.4 is 16.4 Å². The van der Waals surface area contributed by atoms with Gasteiger partial charge < -0.3 is 16.4 Å². The molecule has 0 fully saturated rings. The van der Waals surface area contributed by atoms with E-state index in [-0.39, 0.29) is 11.9 Å². The highest BCUT2D eigenvalue weighted by Gasteiger charge is 1.96. The summed E-state index contributed by atoms with van der Waals surface area (Å²) >= 11 is 0. The number of hydrogen-bond acceptors (Lipinski definition) is 2. The van der Waals surface area contributed by atoms with Gasteiger partial charge in [-0.25, -0.2) is 4.79 Å². The zero-order valence-corrected chi connectivity index (χ0v) is 8.02. The number of carbonyl (C=O) groups is 1. The molecule has 0 aliphatic rings. The highest BCUT2D eigenvalue weighted by atomic mass is 16.2. The smallest absolute Gasteiger partial charge is 0.314 e. The van der Waals surface area contributed by atoms with E-state index in [2.05, 4.69) is 10.6 Å². The van der Waals surface area contributed by atoms with Crippen molar-refractivity contribution in [2.45, 2.75) is 26.2 Å². The zero-order valence-electron chi connectivity index (χ0n) is 8.02. The normalized spacial score (nSPS) is 9.31. The average molecular weight is 186 g/mol. The summed E-state index contributed by atoms with van der Waals surface area (Å²) in [6.07, 6.45) is 2.32. The molecule has 0 atom stereocenters. The van der Waals surface area contributed by atoms with E-state index in [1.807, 2.05) is 6.92 Å². The quantitative estimate of drug-likeness (QED) is 0.275. The highest BCUT2D eigenvalue weighted by Crippen LogP contribution is 1.92. The van der Waals surface area contributed by atoms with Crippen molar-refractivity contribution >= 4 is 11.9 Å². The Hall–Kier alpha value is -1.26. The SMILES string of the molecule is CCNC(=O)NCCCCC(=N)N. The minimum Gasteiger partial charge on any atom is -0.388 e. The third-order valence-corrected chi connectivity index (χ3v) is 1.50. The first-order valence-corrected chi connectivity index (χ1v) is 4.51. The molecule has 0 aliphatic heterocycles. The maximum absolute atomic E-state index is 10.9. The maximum Gasteiger partial charge on any atom is 0.314 e. The molecule has 0 aromatic heterocycles. The molecule has 0 aromatic rings. The summed E-state index contributed by atoms with van der Waals surface area (Å²) < 4.78 is 0. The first-order chi connectivity index (χ1) is 6.16. The van der Waals surface area contributed by atoms with Gasteiger partial charge in [0, 0.05) is 19.5 Å². The number of urea groups is 1. The van der Waals surface area contributed by atoms with Crippen LogP contribution in [-0.4, -0.2) is 25.0 Å². The van der Waals surface area contributed by atoms with Crippen molar-refractivity contribution in [2.24, 2.45) is 5.73 Å². The second kappa shape index (κ2) is 7.39. The molecular weight excluding hydrogens is 168 g/mol. The second-order valence-electron chi connectivity index (χ2n) is 2.77. The van der Waals surface area contributed by atoms with Crippen molar-refractivity contribution in [2.75, 3.05) is 13.1 Å². The van der Waals surface area contributed by atoms with Gasteiger partial charge >= 0.3 is 6.03 Å². The monoisotopic (exact) mass is 186 g/mol. The van der Waals surface area contributed by atoms with Crippen LogP contribution in [0.3, 0.4) is 0 Å². The summed E-state index contributed by atoms with van der Waals surface area (Å²) in [6.45, 7) is 3.15. The number of carbonyl (C=O) groups excluding carboxylic acids is 1. The lowest BCUT2D eigenvalue weighted by atomic mass is 10.2. The van der Waals surface area contributed by atoms with E-state index in [4.69, 9.17) is 11.1 Å². The minimum atomic E-state index is -0.134. The molecule has 2 amide bonds. The molecule has 0 spiro atoms. The van der Waals surface area contributed by atoms with Gasteiger partial charge in [-0.1, -0.05) is 0 Å². The van der Waals surface area contributed by atoms with Gasteiger partial charge in [-0.2, -0.15) is 0 Å². The number of amidine groups is 1. The van der Waals surface area contributed by atoms with Gasteiger partial charge in [0.05, 0.1) is 5.84 Å². The van der Waals surface area contributed by atoms with E-state index in [1.54, 1.807) is 0 Å². The molecular formula is C8H18N4O. The number of amides is 2. The van der Waals surface area contributed by atoms with Gasteiger partial charge in [0.2, 0.25) is 0 Å². The van der Waals surface area contributed by atoms with Gasteiger partial charge in [-0.05, 0) is 19.8 Å². The largest absolute Gasteiger partial charge is 0.388 e. The van der Waals surface area contributed by atoms with Crippen LogP contribution in [-0.2, 0) is 0 Å². The fourth-order valence-electron chi connectivity index (χ4n) is 0.865. The molecule has 0 aromatic carbocycles. The van der Waals surface area contributed by atoms with Crippen LogP contribution >= 0.6 is 0 Å². The molecule has 0 bridgehead atoms. The number of nitrogens with one attached hydrogen (secondary N) is 3. The number of unbranched alkanes of at least 4 members (excludes halogenated alkanes) is 1. The van der Waals surface area contributed by atoms with E-state index in [0.29, 0.717) is 19.5 Å². The van der Waals surface area contributed by atoms with Crippen molar-refractivity contribution in [1.29, 1.82) is 5.41 Å². The van der Waals surface area contributed by atoms with Gasteiger partial charge in [0.15, 0.2) is 0 Å². The van der Waals surface area contributed by atoms with Gasteiger partial charge in [0.25, 0.3) is 0 Å². The van der Waals surface area contributed by atoms with E-state index in [9.17, 15) is 4.79 Å². The van der Waals surface area contributed by atoms with E-state index in [0.717, 1.165) is 12.8 Å². The highest BCUT2D eigenvalue weighted by molar-refractivity contribution is 5.76. The topological polar surface area (TPSA) is 91.0 Å². The van der Waals surface area contributed by atoms with Gasteiger partial charge in [-0.15, -0.1) is 0 Å². The van der Waals surface area contributed by atoms with E-state index >= 15 is 0 Å². The van der Waals surface area contributed by atoms with Crippen LogP contribution in [0.25, 0.3) is 0 Å². The first-order valence-electron chi connectivity index (χ1n) is 4.51. The van der Waals surface area contributed by atoms with Crippen molar-refractivity contribution < 1.29 is 4.79 Å². The molecule has 13 heavy (non-hydrogen) atoms. The van der Waals surface area contributed by atoms with E-state index < -0.39 is 0 Å². The standard InChI is InChI=1S/C8H18N4O/c1-2-11-8(13)12-6-4-3-5-7(9)10/h2-6H2,1H3,(H3,9,10)(H2,11,12,13). The van der Waals surface area contributed by atoms with Gasteiger partial charge in [-0.3, -0.25) is 5.41 Å². The lowest BCUT2D eigenvalue weighted by Gasteiger charge is -2.04. The van der Waals surface area contributed by atoms with E-state index in [1.165, 1.54) is 0 Å². The summed E-state index contributed by atoms with van der Waals surface area (Å²) in [6, 6.07) is -0.134. The molecule has 5 nitrogen and oxygen atoms in total. The Morgan fingerprint density at radius 3 is 2.62 bits per heavy atom. The van der Waals surface area contributed by atoms with Crippen LogP contribution in [0.15, 0.2) is 0 Å². The maximum atomic E-state index is 10.9. The Labute approximate surface area is 78.6 Å². The van der Waals surface area contributed by atoms with Crippen LogP contribution in [0.5, 0.6) is 0 Å². The molecule has 0 saturated heterocycles. The molecule has 0 unspecified atom stereocenters. The predicted octanol–water partition coefficient (Wildman–Crippen LogP) is 0.412. The molecule has 0 heterocycles. The van der Waals surface area contributed by atoms with Crippen LogP contribution in [0.1, 0.15) is 26.2 Å². The van der Waals surface area contributed by atoms with Crippen molar-refractivity contribution in [1.82, 2.24) is 10.6 Å². The second-order valence-corrected chi connectivity index (χ2v) is 2.77. The fourth-order valence-corrected chi connectivity index (χ4v) is 0.865. The van der Waals surface area contributed by atoms with Crippen LogP contribution in [0.2, 0.25) is 0 Å². The summed E-state index contributed by atoms with van der Waals surface area (Å²) in [7, 11) is 0. The molecule has 76 valence electrons. The summed E-state index contributed by atoms with van der Waals surface area (Å²) in [5.41, 5.74) is 5.17. The Morgan fingerprint density at radius 1 is 1.38 bits per heavy atom. The fraction of sp³-hybridized carbons (Fsp3) is 0.750. The Morgan fingerprint density at radius 2 is 2.08 bits per heavy atom. The number of nitrogens with two attached hydrogens (primary N) is 1. The van der Waals surface area contributed by atoms with Crippen molar-refractivity contribution in [3.05, 3.63) is 0 Å². The number of hydrogen-bond donors (Lipinski definition) is 4. The zero-order chi connectivity index (χ0) is 10.1. The lowest BCUT2D eigenvalue weighted by molar-refractivity contribution is 0.241. The molecule has 0 saturated carbocycles. The number of rotatable bonds is 6. The van der Waals surface area contributed by atoms with Crippen molar-refractivity contribution in [3.63, 3.8) is 0 Å². The lowest BCUT2D eigenvalue weighted by Crippen LogP contribution is -2.35. The minimum absolute atomic E-state index is 0.134. The van der Waals surface area contributed by atoms with Crippen LogP contribution in [0, 0.1) is 5.41 Å². The Bertz CT molecular complexity index is 170. The Kier molecular flexibility index (Phi) is 6.68. The molecule has 0 aliphatic carbocycles. The first kappa shape index (κ1) is 11.7. The molecule has 5 N–H and O–H groups in total. The van der Waals surface area contributed by atoms with Gasteiger partial charge in [0.1, 0.15) is 0 Å². The third-order valence-electron chi connectivity index (χ3n) is 1.50. The Balaban J connectivity index is 3.16. The summed E-state index contributed by atoms with van der Waals surface area (Å²) in [5.74, 6) is 0.206. The summed E-state index contributed by atoms with van der Waals surface area (Å²) in [5, 5.41) is 12.3. The summed E-state index contributed by atoms with van der Waals surface area (Å²) in [4.78, 5) is 10.9. The molecule has 0 rings (SSSR count). The third kappa shape index (κ3) is 8.65. The van der Waals surface area contributed by atoms with Crippen molar-refractivity contribution in [3.8, 4) is 0 Å². The molecule has 5 heteroatoms. The van der Waals surface area contributed by atoms with Crippen LogP contribution in [0.4, 0.5) is 4.79 Å². The molecule has 0 radical (unpaired) electrons. The average Bonchev–Trinajstić information content (AvgIpc) is 2.03.